The Morgan fingerprint density at radius 1 is 1.67 bits per heavy atom. The maximum Gasteiger partial charge on any atom is -0.0262 e. The normalized spacial score (nSPS) is 11.3. The predicted octanol–water partition coefficient (Wildman–Crippen LogP) is 2.03. The first-order valence-corrected chi connectivity index (χ1v) is 2.23. The molecular formula is C6H11. The molecule has 0 aliphatic carbocycles. The SMILES string of the molecule is [CH2]C(C)/C=C\C. The lowest BCUT2D eigenvalue weighted by Crippen LogP contribution is -1.74. The average Bonchev–Trinajstić information content (AvgIpc) is 1.35. The van der Waals surface area contributed by atoms with Gasteiger partial charge in [0.1, 0.15) is 0 Å². The molecule has 6 heavy (non-hydrogen) atoms. The van der Waals surface area contributed by atoms with Gasteiger partial charge in [0.05, 0.1) is 0 Å². The van der Waals surface area contributed by atoms with Crippen molar-refractivity contribution in [2.45, 2.75) is 13.8 Å². The van der Waals surface area contributed by atoms with Crippen LogP contribution in [0.3, 0.4) is 0 Å². The Balaban J connectivity index is 3.03. The Labute approximate surface area is 39.9 Å². The lowest BCUT2D eigenvalue weighted by molar-refractivity contribution is 0.934. The van der Waals surface area contributed by atoms with E-state index in [4.69, 9.17) is 0 Å². The van der Waals surface area contributed by atoms with Crippen molar-refractivity contribution in [3.8, 4) is 0 Å². The van der Waals surface area contributed by atoms with E-state index >= 15 is 0 Å². The minimum Gasteiger partial charge on any atom is -0.0914 e. The third-order valence-corrected chi connectivity index (χ3v) is 0.521. The van der Waals surface area contributed by atoms with Crippen LogP contribution in [0.1, 0.15) is 13.8 Å². The zero-order chi connectivity index (χ0) is 4.99. The fourth-order valence-corrected chi connectivity index (χ4v) is 0.329. The highest BCUT2D eigenvalue weighted by molar-refractivity contribution is 4.83. The van der Waals surface area contributed by atoms with E-state index in [1.165, 1.54) is 0 Å². The third-order valence-electron chi connectivity index (χ3n) is 0.521. The Kier molecular flexibility index (Phi) is 2.82. The molecule has 0 aromatic rings. The van der Waals surface area contributed by atoms with Gasteiger partial charge in [0.15, 0.2) is 0 Å². The van der Waals surface area contributed by atoms with Crippen LogP contribution >= 0.6 is 0 Å². The zero-order valence-electron chi connectivity index (χ0n) is 4.44. The summed E-state index contributed by atoms with van der Waals surface area (Å²) >= 11 is 0. The lowest BCUT2D eigenvalue weighted by Gasteiger charge is -1.86. The molecule has 0 fully saturated rings. The van der Waals surface area contributed by atoms with Gasteiger partial charge in [0, 0.05) is 0 Å². The predicted molar refractivity (Wildman–Crippen MR) is 29.3 cm³/mol. The smallest absolute Gasteiger partial charge is 0.0262 e. The summed E-state index contributed by atoms with van der Waals surface area (Å²) in [5.74, 6) is 0.468. The molecule has 0 aromatic heterocycles. The highest BCUT2D eigenvalue weighted by Crippen LogP contribution is 1.89. The van der Waals surface area contributed by atoms with Crippen LogP contribution in [0.15, 0.2) is 12.2 Å². The fourth-order valence-electron chi connectivity index (χ4n) is 0.329. The van der Waals surface area contributed by atoms with Crippen LogP contribution < -0.4 is 0 Å². The summed E-state index contributed by atoms with van der Waals surface area (Å²) in [5.41, 5.74) is 0. The summed E-state index contributed by atoms with van der Waals surface area (Å²) < 4.78 is 0. The summed E-state index contributed by atoms with van der Waals surface area (Å²) in [5, 5.41) is 0. The number of hydrogen-bond donors (Lipinski definition) is 0. The summed E-state index contributed by atoms with van der Waals surface area (Å²) in [6, 6.07) is 0. The number of rotatable bonds is 1. The Hall–Kier alpha value is -0.260. The monoisotopic (exact) mass is 83.1 g/mol. The second-order valence-electron chi connectivity index (χ2n) is 1.50. The van der Waals surface area contributed by atoms with Crippen LogP contribution in [-0.2, 0) is 0 Å². The molecule has 0 heterocycles. The fraction of sp³-hybridized carbons (Fsp3) is 0.500. The molecule has 0 rings (SSSR count). The molecule has 35 valence electrons. The van der Waals surface area contributed by atoms with E-state index in [0.717, 1.165) is 0 Å². The molecule has 1 radical (unpaired) electrons. The molecule has 0 saturated heterocycles. The van der Waals surface area contributed by atoms with Crippen molar-refractivity contribution in [3.63, 3.8) is 0 Å². The molecule has 0 bridgehead atoms. The second-order valence-corrected chi connectivity index (χ2v) is 1.50. The molecule has 0 spiro atoms. The van der Waals surface area contributed by atoms with Gasteiger partial charge in [-0.1, -0.05) is 19.1 Å². The van der Waals surface area contributed by atoms with Crippen molar-refractivity contribution in [3.05, 3.63) is 19.1 Å². The van der Waals surface area contributed by atoms with Crippen molar-refractivity contribution < 1.29 is 0 Å². The second kappa shape index (κ2) is 2.95. The van der Waals surface area contributed by atoms with E-state index in [9.17, 15) is 0 Å². The maximum atomic E-state index is 3.74. The molecule has 0 nitrogen and oxygen atoms in total. The Bertz CT molecular complexity index is 42.0. The van der Waals surface area contributed by atoms with E-state index < -0.39 is 0 Å². The highest BCUT2D eigenvalue weighted by atomic mass is 13.8. The summed E-state index contributed by atoms with van der Waals surface area (Å²) in [7, 11) is 0. The molecular weight excluding hydrogens is 72.1 g/mol. The average molecular weight is 83.2 g/mol. The van der Waals surface area contributed by atoms with Gasteiger partial charge in [-0.05, 0) is 19.8 Å². The minimum atomic E-state index is 0.468. The van der Waals surface area contributed by atoms with Gasteiger partial charge in [-0.25, -0.2) is 0 Å². The zero-order valence-corrected chi connectivity index (χ0v) is 4.44. The van der Waals surface area contributed by atoms with Crippen molar-refractivity contribution in [1.29, 1.82) is 0 Å². The largest absolute Gasteiger partial charge is 0.0914 e. The Morgan fingerprint density at radius 3 is 2.17 bits per heavy atom. The molecule has 0 N–H and O–H groups in total. The highest BCUT2D eigenvalue weighted by Gasteiger charge is 1.76. The number of allylic oxidation sites excluding steroid dienone is 2. The first-order valence-electron chi connectivity index (χ1n) is 2.23. The molecule has 0 aromatic carbocycles. The van der Waals surface area contributed by atoms with Crippen molar-refractivity contribution in [2.75, 3.05) is 0 Å². The summed E-state index contributed by atoms with van der Waals surface area (Å²) in [6.07, 6.45) is 4.07. The molecule has 1 unspecified atom stereocenters. The van der Waals surface area contributed by atoms with Crippen molar-refractivity contribution in [1.82, 2.24) is 0 Å². The van der Waals surface area contributed by atoms with E-state index in [1.54, 1.807) is 0 Å². The minimum absolute atomic E-state index is 0.468. The van der Waals surface area contributed by atoms with Gasteiger partial charge in [-0.3, -0.25) is 0 Å². The standard InChI is InChI=1S/C6H11/c1-4-5-6(2)3/h4-6H,2H2,1,3H3/b5-4-. The quantitative estimate of drug-likeness (QED) is 0.425. The van der Waals surface area contributed by atoms with E-state index in [0.29, 0.717) is 5.92 Å². The van der Waals surface area contributed by atoms with E-state index in [-0.39, 0.29) is 0 Å². The summed E-state index contributed by atoms with van der Waals surface area (Å²) in [4.78, 5) is 0. The van der Waals surface area contributed by atoms with Gasteiger partial charge < -0.3 is 0 Å². The van der Waals surface area contributed by atoms with Gasteiger partial charge in [0.25, 0.3) is 0 Å². The first-order chi connectivity index (χ1) is 2.77. The molecule has 0 aliphatic heterocycles. The third kappa shape index (κ3) is 3.74. The van der Waals surface area contributed by atoms with E-state index in [2.05, 4.69) is 19.9 Å². The molecule has 1 atom stereocenters. The van der Waals surface area contributed by atoms with Gasteiger partial charge in [0.2, 0.25) is 0 Å². The van der Waals surface area contributed by atoms with Crippen LogP contribution in [0, 0.1) is 12.8 Å². The van der Waals surface area contributed by atoms with Crippen LogP contribution in [-0.4, -0.2) is 0 Å². The molecule has 0 aliphatic rings. The molecule has 0 saturated carbocycles. The molecule has 0 heteroatoms. The summed E-state index contributed by atoms with van der Waals surface area (Å²) in [6.45, 7) is 7.80. The van der Waals surface area contributed by atoms with Crippen molar-refractivity contribution in [2.24, 2.45) is 5.92 Å². The van der Waals surface area contributed by atoms with Crippen LogP contribution in [0.2, 0.25) is 0 Å². The van der Waals surface area contributed by atoms with Crippen LogP contribution in [0.4, 0.5) is 0 Å². The van der Waals surface area contributed by atoms with Crippen LogP contribution in [0.25, 0.3) is 0 Å². The van der Waals surface area contributed by atoms with Crippen LogP contribution in [0.5, 0.6) is 0 Å². The number of hydrogen-bond acceptors (Lipinski definition) is 0. The van der Waals surface area contributed by atoms with E-state index in [1.807, 2.05) is 13.0 Å². The van der Waals surface area contributed by atoms with Crippen molar-refractivity contribution >= 4 is 0 Å². The molecule has 0 amide bonds. The Morgan fingerprint density at radius 2 is 2.17 bits per heavy atom. The van der Waals surface area contributed by atoms with Gasteiger partial charge in [-0.2, -0.15) is 0 Å². The van der Waals surface area contributed by atoms with Gasteiger partial charge in [-0.15, -0.1) is 0 Å². The lowest BCUT2D eigenvalue weighted by atomic mass is 10.2. The topological polar surface area (TPSA) is 0 Å². The first kappa shape index (κ1) is 5.74. The maximum absolute atomic E-state index is 3.74. The van der Waals surface area contributed by atoms with Gasteiger partial charge >= 0.3 is 0 Å².